The van der Waals surface area contributed by atoms with Crippen LogP contribution >= 0.6 is 11.6 Å². The Bertz CT molecular complexity index is 459. The van der Waals surface area contributed by atoms with E-state index in [1.165, 1.54) is 19.3 Å². The van der Waals surface area contributed by atoms with Crippen molar-refractivity contribution >= 4 is 17.6 Å². The van der Waals surface area contributed by atoms with Crippen LogP contribution in [0.3, 0.4) is 0 Å². The maximum atomic E-state index is 10.7. The van der Waals surface area contributed by atoms with E-state index in [0.29, 0.717) is 12.5 Å². The summed E-state index contributed by atoms with van der Waals surface area (Å²) >= 11 is 6.58. The van der Waals surface area contributed by atoms with Crippen LogP contribution in [0.25, 0.3) is 0 Å². The van der Waals surface area contributed by atoms with Gasteiger partial charge in [0.25, 0.3) is 0 Å². The van der Waals surface area contributed by atoms with Gasteiger partial charge in [-0.3, -0.25) is 4.79 Å². The molecular weight excluding hydrogens is 350 g/mol. The fourth-order valence-electron chi connectivity index (χ4n) is 4.52. The molecule has 0 radical (unpaired) electrons. The number of alkyl halides is 1. The molecule has 4 nitrogen and oxygen atoms in total. The smallest absolute Gasteiger partial charge is 0.303 e. The molecule has 2 rings (SSSR count). The predicted octanol–water partition coefficient (Wildman–Crippen LogP) is 4.59. The minimum atomic E-state index is -0.718. The second-order valence-electron chi connectivity index (χ2n) is 8.14. The number of aliphatic hydroxyl groups excluding tert-OH is 1. The molecule has 1 unspecified atom stereocenters. The van der Waals surface area contributed by atoms with E-state index in [1.807, 2.05) is 0 Å². The number of likely N-dealkylation sites (tertiary alicyclic amines) is 1. The quantitative estimate of drug-likeness (QED) is 0.293. The highest BCUT2D eigenvalue weighted by Gasteiger charge is 2.44. The Morgan fingerprint density at radius 1 is 1.35 bits per heavy atom. The number of carbonyl (C=O) groups is 1. The fraction of sp³-hybridized carbons (Fsp3) is 0.857. The number of allylic oxidation sites excluding steroid dienone is 1. The van der Waals surface area contributed by atoms with Gasteiger partial charge in [-0.1, -0.05) is 25.5 Å². The Morgan fingerprint density at radius 3 is 2.73 bits per heavy atom. The van der Waals surface area contributed by atoms with Gasteiger partial charge in [0.1, 0.15) is 0 Å². The Labute approximate surface area is 163 Å². The molecule has 0 spiro atoms. The van der Waals surface area contributed by atoms with E-state index in [0.717, 1.165) is 51.6 Å². The molecule has 1 heterocycles. The number of rotatable bonds is 12. The van der Waals surface area contributed by atoms with Crippen molar-refractivity contribution in [3.63, 3.8) is 0 Å². The second kappa shape index (κ2) is 10.7. The standard InChI is InChI=1S/C21H36ClNO3/c1-2-21(13-8-14-21)20(26)18(22)12-16-23-15-7-10-17(23)9-5-3-4-6-11-19(24)25/h3,5,17-18,20,26H,2,4,6-16H2,1H3,(H,24,25)/b5-3-/t17-,18-,20?/m1/s1. The third kappa shape index (κ3) is 5.97. The van der Waals surface area contributed by atoms with Gasteiger partial charge in [-0.2, -0.15) is 0 Å². The lowest BCUT2D eigenvalue weighted by atomic mass is 9.62. The molecule has 0 aromatic rings. The monoisotopic (exact) mass is 385 g/mol. The van der Waals surface area contributed by atoms with Crippen LogP contribution in [0.2, 0.25) is 0 Å². The number of aliphatic hydroxyl groups is 1. The number of hydrogen-bond acceptors (Lipinski definition) is 3. The summed E-state index contributed by atoms with van der Waals surface area (Å²) in [6, 6.07) is 0.565. The zero-order chi connectivity index (χ0) is 19.0. The van der Waals surface area contributed by atoms with Crippen molar-refractivity contribution < 1.29 is 15.0 Å². The summed E-state index contributed by atoms with van der Waals surface area (Å²) in [6.45, 7) is 4.25. The van der Waals surface area contributed by atoms with Crippen LogP contribution in [0, 0.1) is 5.41 Å². The summed E-state index contributed by atoms with van der Waals surface area (Å²) in [5.74, 6) is -0.718. The summed E-state index contributed by atoms with van der Waals surface area (Å²) in [4.78, 5) is 13.0. The normalized spacial score (nSPS) is 25.3. The molecule has 2 fully saturated rings. The van der Waals surface area contributed by atoms with Gasteiger partial charge < -0.3 is 15.1 Å². The van der Waals surface area contributed by atoms with Gasteiger partial charge in [0.05, 0.1) is 11.5 Å². The SMILES string of the molecule is CCC1(C(O)[C@H](Cl)CCN2CCC[C@H]2C/C=C\CCCC(=O)O)CCC1. The number of hydrogen-bond donors (Lipinski definition) is 2. The van der Waals surface area contributed by atoms with Crippen LogP contribution in [0.5, 0.6) is 0 Å². The summed E-state index contributed by atoms with van der Waals surface area (Å²) < 4.78 is 0. The minimum Gasteiger partial charge on any atom is -0.481 e. The number of carboxylic acids is 1. The van der Waals surface area contributed by atoms with E-state index >= 15 is 0 Å². The molecule has 0 amide bonds. The van der Waals surface area contributed by atoms with Crippen LogP contribution < -0.4 is 0 Å². The summed E-state index contributed by atoms with van der Waals surface area (Å²) in [6.07, 6.45) is 14.6. The van der Waals surface area contributed by atoms with Crippen molar-refractivity contribution in [1.29, 1.82) is 0 Å². The summed E-state index contributed by atoms with van der Waals surface area (Å²) in [5.41, 5.74) is 0.0789. The Balaban J connectivity index is 1.69. The van der Waals surface area contributed by atoms with Crippen LogP contribution in [0.15, 0.2) is 12.2 Å². The average Bonchev–Trinajstić information content (AvgIpc) is 3.02. The van der Waals surface area contributed by atoms with E-state index < -0.39 is 5.97 Å². The fourth-order valence-corrected chi connectivity index (χ4v) is 4.88. The van der Waals surface area contributed by atoms with Gasteiger partial charge in [0.2, 0.25) is 0 Å². The second-order valence-corrected chi connectivity index (χ2v) is 8.70. The molecule has 26 heavy (non-hydrogen) atoms. The third-order valence-corrected chi connectivity index (χ3v) is 7.01. The first-order valence-corrected chi connectivity index (χ1v) is 10.8. The molecule has 0 aromatic heterocycles. The average molecular weight is 386 g/mol. The van der Waals surface area contributed by atoms with Crippen LogP contribution in [-0.2, 0) is 4.79 Å². The van der Waals surface area contributed by atoms with Crippen LogP contribution in [0.4, 0.5) is 0 Å². The topological polar surface area (TPSA) is 60.8 Å². The number of carboxylic acid groups (broad SMARTS) is 1. The molecule has 0 bridgehead atoms. The van der Waals surface area contributed by atoms with Gasteiger partial charge >= 0.3 is 5.97 Å². The van der Waals surface area contributed by atoms with Gasteiger partial charge in [0, 0.05) is 12.5 Å². The van der Waals surface area contributed by atoms with Crippen LogP contribution in [0.1, 0.15) is 77.6 Å². The van der Waals surface area contributed by atoms with Gasteiger partial charge in [-0.15, -0.1) is 11.6 Å². The first-order valence-electron chi connectivity index (χ1n) is 10.4. The van der Waals surface area contributed by atoms with Crippen molar-refractivity contribution in [3.05, 3.63) is 12.2 Å². The molecule has 0 aromatic carbocycles. The molecule has 3 atom stereocenters. The van der Waals surface area contributed by atoms with Crippen molar-refractivity contribution in [3.8, 4) is 0 Å². The molecule has 150 valence electrons. The van der Waals surface area contributed by atoms with E-state index in [2.05, 4.69) is 24.0 Å². The van der Waals surface area contributed by atoms with E-state index in [4.69, 9.17) is 16.7 Å². The van der Waals surface area contributed by atoms with Gasteiger partial charge in [0.15, 0.2) is 0 Å². The first kappa shape index (κ1) is 21.7. The van der Waals surface area contributed by atoms with Crippen LogP contribution in [-0.4, -0.2) is 51.7 Å². The molecule has 5 heteroatoms. The zero-order valence-corrected chi connectivity index (χ0v) is 17.0. The Morgan fingerprint density at radius 2 is 2.12 bits per heavy atom. The lowest BCUT2D eigenvalue weighted by molar-refractivity contribution is -0.137. The lowest BCUT2D eigenvalue weighted by Crippen LogP contribution is -2.46. The molecule has 1 aliphatic carbocycles. The number of aliphatic carboxylic acids is 1. The molecule has 1 saturated carbocycles. The van der Waals surface area contributed by atoms with E-state index in [1.54, 1.807) is 0 Å². The summed E-state index contributed by atoms with van der Waals surface area (Å²) in [5, 5.41) is 19.2. The van der Waals surface area contributed by atoms with Crippen molar-refractivity contribution in [2.45, 2.75) is 95.1 Å². The summed E-state index contributed by atoms with van der Waals surface area (Å²) in [7, 11) is 0. The van der Waals surface area contributed by atoms with Crippen molar-refractivity contribution in [1.82, 2.24) is 4.90 Å². The highest BCUT2D eigenvalue weighted by molar-refractivity contribution is 6.21. The molecular formula is C21H36ClNO3. The van der Waals surface area contributed by atoms with Gasteiger partial charge in [-0.25, -0.2) is 0 Å². The van der Waals surface area contributed by atoms with Gasteiger partial charge in [-0.05, 0) is 76.3 Å². The maximum absolute atomic E-state index is 10.7. The van der Waals surface area contributed by atoms with Crippen molar-refractivity contribution in [2.24, 2.45) is 5.41 Å². The molecule has 1 aliphatic heterocycles. The highest BCUT2D eigenvalue weighted by atomic mass is 35.5. The van der Waals surface area contributed by atoms with E-state index in [9.17, 15) is 9.90 Å². The maximum Gasteiger partial charge on any atom is 0.303 e. The number of nitrogens with zero attached hydrogens (tertiary/aromatic N) is 1. The number of unbranched alkanes of at least 4 members (excludes halogenated alkanes) is 1. The Hall–Kier alpha value is -0.580. The molecule has 2 N–H and O–H groups in total. The predicted molar refractivity (Wildman–Crippen MR) is 107 cm³/mol. The number of halogens is 1. The lowest BCUT2D eigenvalue weighted by Gasteiger charge is -2.46. The molecule has 1 saturated heterocycles. The first-order chi connectivity index (χ1) is 12.5. The third-order valence-electron chi connectivity index (χ3n) is 6.55. The van der Waals surface area contributed by atoms with E-state index in [-0.39, 0.29) is 23.3 Å². The minimum absolute atomic E-state index is 0.0789. The van der Waals surface area contributed by atoms with Crippen molar-refractivity contribution in [2.75, 3.05) is 13.1 Å². The molecule has 2 aliphatic rings. The largest absolute Gasteiger partial charge is 0.481 e. The highest BCUT2D eigenvalue weighted by Crippen LogP contribution is 2.48. The Kier molecular flexibility index (Phi) is 8.92. The zero-order valence-electron chi connectivity index (χ0n) is 16.2.